The number of methoxy groups -OCH3 is 1. The number of rotatable bonds is 3. The van der Waals surface area contributed by atoms with Crippen molar-refractivity contribution in [1.29, 1.82) is 0 Å². The number of carbonyl (C=O) groups is 1. The highest BCUT2D eigenvalue weighted by molar-refractivity contribution is 5.91. The summed E-state index contributed by atoms with van der Waals surface area (Å²) < 4.78 is 41.0. The lowest BCUT2D eigenvalue weighted by atomic mass is 10.1. The number of alkyl halides is 3. The number of hydrogen-bond acceptors (Lipinski definition) is 2. The van der Waals surface area contributed by atoms with Crippen molar-refractivity contribution in [3.8, 4) is 5.75 Å². The van der Waals surface area contributed by atoms with Gasteiger partial charge in [0.25, 0.3) is 0 Å². The summed E-state index contributed by atoms with van der Waals surface area (Å²) in [5.74, 6) is -1.28. The fraction of sp³-hybridized carbons (Fsp3) is 0.300. The van der Waals surface area contributed by atoms with E-state index in [0.29, 0.717) is 0 Å². The van der Waals surface area contributed by atoms with Gasteiger partial charge >= 0.3 is 12.1 Å². The van der Waals surface area contributed by atoms with Crippen LogP contribution >= 0.6 is 0 Å². The summed E-state index contributed by atoms with van der Waals surface area (Å²) in [4.78, 5) is 10.7. The van der Waals surface area contributed by atoms with Crippen molar-refractivity contribution in [2.24, 2.45) is 0 Å². The monoisotopic (exact) mass is 234 g/mol. The van der Waals surface area contributed by atoms with Crippen LogP contribution in [0.1, 0.15) is 15.9 Å². The van der Waals surface area contributed by atoms with Crippen LogP contribution in [-0.2, 0) is 6.42 Å². The minimum absolute atomic E-state index is 0.0402. The molecule has 0 radical (unpaired) electrons. The molecule has 0 atom stereocenters. The Kier molecular flexibility index (Phi) is 3.41. The smallest absolute Gasteiger partial charge is 0.393 e. The topological polar surface area (TPSA) is 46.5 Å². The molecule has 0 saturated carbocycles. The van der Waals surface area contributed by atoms with E-state index in [1.807, 2.05) is 0 Å². The average Bonchev–Trinajstić information content (AvgIpc) is 2.15. The Morgan fingerprint density at radius 1 is 1.44 bits per heavy atom. The van der Waals surface area contributed by atoms with E-state index in [1.54, 1.807) is 0 Å². The minimum atomic E-state index is -4.36. The molecule has 1 rings (SSSR count). The Bertz CT molecular complexity index is 399. The van der Waals surface area contributed by atoms with Crippen molar-refractivity contribution in [2.75, 3.05) is 7.11 Å². The van der Waals surface area contributed by atoms with Crippen LogP contribution < -0.4 is 4.74 Å². The van der Waals surface area contributed by atoms with Crippen molar-refractivity contribution in [1.82, 2.24) is 0 Å². The Hall–Kier alpha value is -1.72. The van der Waals surface area contributed by atoms with Gasteiger partial charge < -0.3 is 9.84 Å². The van der Waals surface area contributed by atoms with Crippen molar-refractivity contribution < 1.29 is 27.8 Å². The number of carboxylic acids is 1. The highest BCUT2D eigenvalue weighted by atomic mass is 19.4. The molecular weight excluding hydrogens is 225 g/mol. The lowest BCUT2D eigenvalue weighted by molar-refractivity contribution is -0.127. The maximum absolute atomic E-state index is 12.1. The quantitative estimate of drug-likeness (QED) is 0.873. The van der Waals surface area contributed by atoms with Crippen LogP contribution in [0.15, 0.2) is 18.2 Å². The van der Waals surface area contributed by atoms with Gasteiger partial charge in [-0.1, -0.05) is 6.07 Å². The molecule has 0 saturated heterocycles. The van der Waals surface area contributed by atoms with Crippen LogP contribution in [0.2, 0.25) is 0 Å². The molecule has 0 aliphatic heterocycles. The van der Waals surface area contributed by atoms with E-state index in [4.69, 9.17) is 9.84 Å². The van der Waals surface area contributed by atoms with Gasteiger partial charge in [0.2, 0.25) is 0 Å². The number of ether oxygens (including phenoxy) is 1. The summed E-state index contributed by atoms with van der Waals surface area (Å²) in [5, 5.41) is 8.76. The molecule has 1 N–H and O–H groups in total. The molecule has 0 fully saturated rings. The van der Waals surface area contributed by atoms with Gasteiger partial charge in [0.05, 0.1) is 13.5 Å². The van der Waals surface area contributed by atoms with Crippen LogP contribution in [0.4, 0.5) is 13.2 Å². The fourth-order valence-corrected chi connectivity index (χ4v) is 1.26. The molecule has 6 heteroatoms. The molecular formula is C10H9F3O3. The van der Waals surface area contributed by atoms with Gasteiger partial charge in [-0.05, 0) is 17.7 Å². The Morgan fingerprint density at radius 2 is 2.06 bits per heavy atom. The van der Waals surface area contributed by atoms with E-state index < -0.39 is 18.6 Å². The first kappa shape index (κ1) is 12.4. The van der Waals surface area contributed by atoms with Crippen LogP contribution in [0.3, 0.4) is 0 Å². The molecule has 1 aromatic carbocycles. The van der Waals surface area contributed by atoms with Crippen LogP contribution in [-0.4, -0.2) is 24.4 Å². The van der Waals surface area contributed by atoms with E-state index >= 15 is 0 Å². The number of hydrogen-bond donors (Lipinski definition) is 1. The summed E-state index contributed by atoms with van der Waals surface area (Å²) in [5.41, 5.74) is -0.380. The van der Waals surface area contributed by atoms with Gasteiger partial charge in [-0.3, -0.25) is 0 Å². The Labute approximate surface area is 89.5 Å². The molecule has 0 aliphatic carbocycles. The zero-order valence-corrected chi connectivity index (χ0v) is 8.34. The van der Waals surface area contributed by atoms with E-state index in [1.165, 1.54) is 19.2 Å². The first-order valence-corrected chi connectivity index (χ1v) is 4.30. The Balaban J connectivity index is 3.07. The van der Waals surface area contributed by atoms with Gasteiger partial charge in [-0.15, -0.1) is 0 Å². The minimum Gasteiger partial charge on any atom is -0.496 e. The molecule has 0 spiro atoms. The molecule has 0 unspecified atom stereocenters. The fourth-order valence-electron chi connectivity index (χ4n) is 1.26. The maximum Gasteiger partial charge on any atom is 0.393 e. The molecule has 0 heterocycles. The molecule has 16 heavy (non-hydrogen) atoms. The molecule has 0 aromatic heterocycles. The largest absolute Gasteiger partial charge is 0.496 e. The summed E-state index contributed by atoms with van der Waals surface area (Å²) in [6, 6.07) is 3.37. The number of aromatic carboxylic acids is 1. The van der Waals surface area contributed by atoms with Gasteiger partial charge in [-0.2, -0.15) is 13.2 Å². The first-order valence-electron chi connectivity index (χ1n) is 4.30. The number of carboxylic acid groups (broad SMARTS) is 1. The van der Waals surface area contributed by atoms with Gasteiger partial charge in [-0.25, -0.2) is 4.79 Å². The van der Waals surface area contributed by atoms with Crippen molar-refractivity contribution in [3.63, 3.8) is 0 Å². The molecule has 3 nitrogen and oxygen atoms in total. The van der Waals surface area contributed by atoms with Crippen LogP contribution in [0.5, 0.6) is 5.75 Å². The zero-order valence-electron chi connectivity index (χ0n) is 8.34. The van der Waals surface area contributed by atoms with Crippen LogP contribution in [0, 0.1) is 0 Å². The van der Waals surface area contributed by atoms with Crippen molar-refractivity contribution >= 4 is 5.97 Å². The zero-order chi connectivity index (χ0) is 12.3. The third-order valence-corrected chi connectivity index (χ3v) is 1.90. The summed E-state index contributed by atoms with van der Waals surface area (Å²) in [7, 11) is 1.26. The third-order valence-electron chi connectivity index (χ3n) is 1.90. The summed E-state index contributed by atoms with van der Waals surface area (Å²) in [6.45, 7) is 0. The third kappa shape index (κ3) is 3.15. The maximum atomic E-state index is 12.1. The summed E-state index contributed by atoms with van der Waals surface area (Å²) in [6.07, 6.45) is -5.51. The lowest BCUT2D eigenvalue weighted by Crippen LogP contribution is -2.12. The second kappa shape index (κ2) is 4.42. The summed E-state index contributed by atoms with van der Waals surface area (Å²) >= 11 is 0. The van der Waals surface area contributed by atoms with E-state index in [9.17, 15) is 18.0 Å². The number of benzene rings is 1. The van der Waals surface area contributed by atoms with E-state index in [2.05, 4.69) is 0 Å². The highest BCUT2D eigenvalue weighted by Crippen LogP contribution is 2.25. The molecule has 88 valence electrons. The molecule has 0 aliphatic rings. The predicted molar refractivity (Wildman–Crippen MR) is 49.7 cm³/mol. The molecule has 0 bridgehead atoms. The molecule has 1 aromatic rings. The van der Waals surface area contributed by atoms with E-state index in [-0.39, 0.29) is 16.9 Å². The van der Waals surface area contributed by atoms with E-state index in [0.717, 1.165) is 6.07 Å². The van der Waals surface area contributed by atoms with Gasteiger partial charge in [0.1, 0.15) is 11.3 Å². The SMILES string of the molecule is COc1ccc(CC(F)(F)F)cc1C(=O)O. The van der Waals surface area contributed by atoms with Gasteiger partial charge in [0, 0.05) is 0 Å². The first-order chi connectivity index (χ1) is 7.33. The van der Waals surface area contributed by atoms with Crippen LogP contribution in [0.25, 0.3) is 0 Å². The average molecular weight is 234 g/mol. The second-order valence-corrected chi connectivity index (χ2v) is 3.13. The number of halogens is 3. The predicted octanol–water partition coefficient (Wildman–Crippen LogP) is 2.50. The lowest BCUT2D eigenvalue weighted by Gasteiger charge is -2.09. The van der Waals surface area contributed by atoms with Gasteiger partial charge in [0.15, 0.2) is 0 Å². The molecule has 0 amide bonds. The van der Waals surface area contributed by atoms with Crippen molar-refractivity contribution in [2.45, 2.75) is 12.6 Å². The second-order valence-electron chi connectivity index (χ2n) is 3.13. The highest BCUT2D eigenvalue weighted by Gasteiger charge is 2.28. The van der Waals surface area contributed by atoms with Crippen molar-refractivity contribution in [3.05, 3.63) is 29.3 Å². The Morgan fingerprint density at radius 3 is 2.50 bits per heavy atom. The standard InChI is InChI=1S/C10H9F3O3/c1-16-8-3-2-6(5-10(11,12)13)4-7(8)9(14)15/h2-4H,5H2,1H3,(H,14,15). The normalized spacial score (nSPS) is 11.2.